The van der Waals surface area contributed by atoms with Crippen molar-refractivity contribution in [3.8, 4) is 5.75 Å². The Bertz CT molecular complexity index is 1380. The number of carbonyl (C=O) groups is 2. The Kier molecular flexibility index (Phi) is 8.43. The maximum Gasteiger partial charge on any atom is 0.285 e. The molecule has 0 spiro atoms. The molecule has 1 aliphatic heterocycles. The summed E-state index contributed by atoms with van der Waals surface area (Å²) in [5.41, 5.74) is 6.03. The number of nitrogens with one attached hydrogen (secondary N) is 1. The third kappa shape index (κ3) is 6.82. The lowest BCUT2D eigenvalue weighted by Gasteiger charge is -2.19. The molecule has 5 nitrogen and oxygen atoms in total. The highest BCUT2D eigenvalue weighted by Gasteiger charge is 2.34. The van der Waals surface area contributed by atoms with Crippen molar-refractivity contribution >= 4 is 73.7 Å². The Morgan fingerprint density at radius 1 is 1.11 bits per heavy atom. The van der Waals surface area contributed by atoms with Crippen LogP contribution in [0.1, 0.15) is 47.8 Å². The van der Waals surface area contributed by atoms with Gasteiger partial charge in [0, 0.05) is 20.6 Å². The second kappa shape index (κ2) is 11.4. The molecule has 9 heteroatoms. The van der Waals surface area contributed by atoms with Crippen LogP contribution >= 0.6 is 51.5 Å². The van der Waals surface area contributed by atoms with Crippen LogP contribution in [-0.2, 0) is 16.8 Å². The van der Waals surface area contributed by atoms with Crippen LogP contribution in [0.5, 0.6) is 5.75 Å². The van der Waals surface area contributed by atoms with E-state index < -0.39 is 11.8 Å². The minimum absolute atomic E-state index is 0.0820. The molecule has 0 atom stereocenters. The molecule has 0 aromatic heterocycles. The fourth-order valence-electron chi connectivity index (χ4n) is 3.50. The van der Waals surface area contributed by atoms with Gasteiger partial charge in [-0.05, 0) is 77.3 Å². The fourth-order valence-corrected chi connectivity index (χ4v) is 5.17. The number of rotatable bonds is 6. The maximum atomic E-state index is 13.1. The zero-order valence-corrected chi connectivity index (χ0v) is 24.4. The first kappa shape index (κ1) is 27.4. The number of hydrazine groups is 1. The SMILES string of the molecule is CC(C)(C)c1ccc(COc2ccc(Br)cc2/C=C2/SC(=S)N(NC(=O)c3ccc(Cl)cc3)C2=O)cc1. The number of hydrogen-bond donors (Lipinski definition) is 1. The molecule has 0 unspecified atom stereocenters. The van der Waals surface area contributed by atoms with E-state index in [1.807, 2.05) is 18.2 Å². The molecule has 190 valence electrons. The zero-order valence-electron chi connectivity index (χ0n) is 20.4. The molecule has 1 aliphatic rings. The number of carbonyl (C=O) groups excluding carboxylic acids is 2. The molecule has 4 rings (SSSR count). The summed E-state index contributed by atoms with van der Waals surface area (Å²) in [6, 6.07) is 20.3. The monoisotopic (exact) mass is 614 g/mol. The number of thiocarbonyl (C=S) groups is 1. The van der Waals surface area contributed by atoms with Crippen molar-refractivity contribution in [2.75, 3.05) is 0 Å². The largest absolute Gasteiger partial charge is 0.488 e. The van der Waals surface area contributed by atoms with Crippen LogP contribution in [-0.4, -0.2) is 21.1 Å². The zero-order chi connectivity index (χ0) is 26.7. The van der Waals surface area contributed by atoms with Crippen molar-refractivity contribution in [3.05, 3.63) is 103 Å². The Morgan fingerprint density at radius 2 is 1.78 bits per heavy atom. The number of benzene rings is 3. The average molecular weight is 616 g/mol. The number of halogens is 2. The number of amides is 2. The van der Waals surface area contributed by atoms with Gasteiger partial charge in [-0.15, -0.1) is 0 Å². The smallest absolute Gasteiger partial charge is 0.285 e. The summed E-state index contributed by atoms with van der Waals surface area (Å²) in [7, 11) is 0. The van der Waals surface area contributed by atoms with Crippen LogP contribution in [0, 0.1) is 0 Å². The quantitative estimate of drug-likeness (QED) is 0.230. The fraction of sp³-hybridized carbons (Fsp3) is 0.179. The molecule has 37 heavy (non-hydrogen) atoms. The van der Waals surface area contributed by atoms with Crippen molar-refractivity contribution in [2.24, 2.45) is 0 Å². The molecule has 0 radical (unpaired) electrons. The van der Waals surface area contributed by atoms with Gasteiger partial charge in [-0.3, -0.25) is 15.0 Å². The number of ether oxygens (including phenoxy) is 1. The second-order valence-electron chi connectivity index (χ2n) is 9.38. The van der Waals surface area contributed by atoms with Crippen LogP contribution in [0.15, 0.2) is 76.1 Å². The van der Waals surface area contributed by atoms with E-state index in [-0.39, 0.29) is 9.74 Å². The summed E-state index contributed by atoms with van der Waals surface area (Å²) in [6.45, 7) is 6.92. The van der Waals surface area contributed by atoms with E-state index in [1.54, 1.807) is 30.3 Å². The van der Waals surface area contributed by atoms with E-state index in [0.717, 1.165) is 26.8 Å². The molecule has 0 aliphatic carbocycles. The van der Waals surface area contributed by atoms with E-state index in [4.69, 9.17) is 28.6 Å². The summed E-state index contributed by atoms with van der Waals surface area (Å²) in [6.07, 6.45) is 1.72. The van der Waals surface area contributed by atoms with Crippen molar-refractivity contribution in [1.82, 2.24) is 10.4 Å². The van der Waals surface area contributed by atoms with Crippen LogP contribution in [0.4, 0.5) is 0 Å². The molecule has 3 aromatic rings. The lowest BCUT2D eigenvalue weighted by atomic mass is 9.87. The van der Waals surface area contributed by atoms with E-state index in [9.17, 15) is 9.59 Å². The van der Waals surface area contributed by atoms with Crippen LogP contribution in [0.3, 0.4) is 0 Å². The van der Waals surface area contributed by atoms with Gasteiger partial charge in [0.15, 0.2) is 4.32 Å². The lowest BCUT2D eigenvalue weighted by molar-refractivity contribution is -0.123. The van der Waals surface area contributed by atoms with Gasteiger partial charge in [-0.2, -0.15) is 5.01 Å². The Hall–Kier alpha value is -2.65. The molecule has 1 fully saturated rings. The molecule has 1 saturated heterocycles. The second-order valence-corrected chi connectivity index (χ2v) is 12.4. The summed E-state index contributed by atoms with van der Waals surface area (Å²) in [5, 5.41) is 1.59. The van der Waals surface area contributed by atoms with Gasteiger partial charge in [-0.1, -0.05) is 84.3 Å². The minimum atomic E-state index is -0.460. The summed E-state index contributed by atoms with van der Waals surface area (Å²) >= 11 is 15.9. The predicted molar refractivity (Wildman–Crippen MR) is 158 cm³/mol. The van der Waals surface area contributed by atoms with Gasteiger partial charge in [0.1, 0.15) is 12.4 Å². The van der Waals surface area contributed by atoms with Crippen LogP contribution in [0.2, 0.25) is 5.02 Å². The minimum Gasteiger partial charge on any atom is -0.488 e. The summed E-state index contributed by atoms with van der Waals surface area (Å²) < 4.78 is 7.19. The van der Waals surface area contributed by atoms with E-state index in [2.05, 4.69) is 66.4 Å². The van der Waals surface area contributed by atoms with Gasteiger partial charge in [0.05, 0.1) is 4.91 Å². The van der Waals surface area contributed by atoms with Crippen molar-refractivity contribution in [3.63, 3.8) is 0 Å². The molecule has 1 heterocycles. The highest BCUT2D eigenvalue weighted by molar-refractivity contribution is 9.10. The average Bonchev–Trinajstić information content (AvgIpc) is 3.11. The number of nitrogens with zero attached hydrogens (tertiary/aromatic N) is 1. The first-order chi connectivity index (χ1) is 17.5. The van der Waals surface area contributed by atoms with Crippen LogP contribution < -0.4 is 10.2 Å². The van der Waals surface area contributed by atoms with E-state index in [0.29, 0.717) is 33.4 Å². The molecule has 0 bridgehead atoms. The molecule has 1 N–H and O–H groups in total. The Morgan fingerprint density at radius 3 is 2.43 bits per heavy atom. The summed E-state index contributed by atoms with van der Waals surface area (Å²) in [5.74, 6) is -0.252. The van der Waals surface area contributed by atoms with Crippen LogP contribution in [0.25, 0.3) is 6.08 Å². The van der Waals surface area contributed by atoms with Gasteiger partial charge in [0.25, 0.3) is 11.8 Å². The van der Waals surface area contributed by atoms with Crippen molar-refractivity contribution in [2.45, 2.75) is 32.8 Å². The topological polar surface area (TPSA) is 58.6 Å². The molecular formula is C28H24BrClN2O3S2. The third-order valence-electron chi connectivity index (χ3n) is 5.59. The van der Waals surface area contributed by atoms with Gasteiger partial charge < -0.3 is 4.74 Å². The van der Waals surface area contributed by atoms with Gasteiger partial charge in [0.2, 0.25) is 0 Å². The molecule has 3 aromatic carbocycles. The first-order valence-corrected chi connectivity index (χ1v) is 13.8. The highest BCUT2D eigenvalue weighted by atomic mass is 79.9. The Balaban J connectivity index is 1.50. The molecule has 2 amide bonds. The van der Waals surface area contributed by atoms with Crippen molar-refractivity contribution < 1.29 is 14.3 Å². The summed E-state index contributed by atoms with van der Waals surface area (Å²) in [4.78, 5) is 26.1. The highest BCUT2D eigenvalue weighted by Crippen LogP contribution is 2.35. The maximum absolute atomic E-state index is 13.1. The molecule has 0 saturated carbocycles. The van der Waals surface area contributed by atoms with Gasteiger partial charge in [-0.25, -0.2) is 0 Å². The standard InChI is InChI=1S/C28H24BrClN2O3S2/c1-28(2,3)20-8-4-17(5-9-20)16-35-23-13-10-21(29)14-19(23)15-24-26(34)32(27(36)37-24)31-25(33)18-6-11-22(30)12-7-18/h4-15H,16H2,1-3H3,(H,31,33)/b24-15+. The van der Waals surface area contributed by atoms with Crippen molar-refractivity contribution in [1.29, 1.82) is 0 Å². The molecular weight excluding hydrogens is 592 g/mol. The van der Waals surface area contributed by atoms with E-state index >= 15 is 0 Å². The number of thioether (sulfide) groups is 1. The normalized spacial score (nSPS) is 14.8. The predicted octanol–water partition coefficient (Wildman–Crippen LogP) is 7.53. The third-order valence-corrected chi connectivity index (χ3v) is 7.63. The Labute approximate surface area is 239 Å². The first-order valence-electron chi connectivity index (χ1n) is 11.4. The number of hydrogen-bond acceptors (Lipinski definition) is 5. The van der Waals surface area contributed by atoms with Gasteiger partial charge >= 0.3 is 0 Å². The lowest BCUT2D eigenvalue weighted by Crippen LogP contribution is -2.44. The van der Waals surface area contributed by atoms with E-state index in [1.165, 1.54) is 5.56 Å².